The highest BCUT2D eigenvalue weighted by Gasteiger charge is 2.24. The van der Waals surface area contributed by atoms with E-state index in [1.165, 1.54) is 19.1 Å². The maximum absolute atomic E-state index is 12.7. The predicted octanol–water partition coefficient (Wildman–Crippen LogP) is -0.817. The summed E-state index contributed by atoms with van der Waals surface area (Å²) in [5.41, 5.74) is 7.38. The van der Waals surface area contributed by atoms with E-state index < -0.39 is 60.0 Å². The van der Waals surface area contributed by atoms with Crippen molar-refractivity contribution in [1.82, 2.24) is 21.3 Å². The summed E-state index contributed by atoms with van der Waals surface area (Å²) in [5, 5.41) is 18.6. The molecule has 0 aliphatic carbocycles. The first-order valence-corrected chi connectivity index (χ1v) is 11.9. The van der Waals surface area contributed by atoms with Crippen LogP contribution in [-0.4, -0.2) is 65.1 Å². The summed E-state index contributed by atoms with van der Waals surface area (Å²) in [4.78, 5) is 60.7. The van der Waals surface area contributed by atoms with Gasteiger partial charge in [-0.15, -0.1) is 12.6 Å². The van der Waals surface area contributed by atoms with Gasteiger partial charge in [-0.25, -0.2) is 0 Å². The lowest BCUT2D eigenvalue weighted by Gasteiger charge is -2.20. The molecule has 3 atom stereocenters. The average Bonchev–Trinajstić information content (AvgIpc) is 2.87. The molecule has 4 amide bonds. The number of thiol groups is 1. The second kappa shape index (κ2) is 14.6. The molecule has 2 aromatic carbocycles. The minimum absolute atomic E-state index is 0.0943. The number of aromatic hydroxyl groups is 1. The predicted molar refractivity (Wildman–Crippen MR) is 139 cm³/mol. The quantitative estimate of drug-likeness (QED) is 0.166. The Kier molecular flexibility index (Phi) is 11.6. The Morgan fingerprint density at radius 2 is 1.41 bits per heavy atom. The van der Waals surface area contributed by atoms with Crippen molar-refractivity contribution in [2.75, 3.05) is 13.1 Å². The highest BCUT2D eigenvalue weighted by atomic mass is 32.1. The average molecular weight is 530 g/mol. The molecule has 0 aliphatic heterocycles. The summed E-state index contributed by atoms with van der Waals surface area (Å²) in [6, 6.07) is 12.4. The summed E-state index contributed by atoms with van der Waals surface area (Å²) in [7, 11) is 0. The van der Waals surface area contributed by atoms with E-state index in [0.717, 1.165) is 11.1 Å². The molecular formula is C25H31N5O6S. The van der Waals surface area contributed by atoms with Crippen LogP contribution in [0.4, 0.5) is 0 Å². The van der Waals surface area contributed by atoms with Crippen LogP contribution in [0, 0.1) is 0 Å². The standard InChI is InChI=1S/C25H31N5O6S/c1-15(25(36)37)29-24(35)20(12-16-5-3-2-4-6-16)30-22(33)14-27-21(32)13-28-23(34)19(26)11-17-7-9-18(31)10-8-17/h2-10,15,19-20,31H,11-14,26H2,1H3,(H,27,32)(H,28,34)(H,29,35)(H,30,33)(H,36,37)/t15-,19-,20-/m0/s1. The van der Waals surface area contributed by atoms with Crippen LogP contribution >= 0.6 is 12.6 Å². The maximum Gasteiger partial charge on any atom is 0.243 e. The molecule has 0 aromatic heterocycles. The van der Waals surface area contributed by atoms with E-state index in [-0.39, 0.29) is 18.6 Å². The zero-order valence-corrected chi connectivity index (χ0v) is 21.2. The van der Waals surface area contributed by atoms with Gasteiger partial charge in [0, 0.05) is 6.42 Å². The van der Waals surface area contributed by atoms with Crippen molar-refractivity contribution in [2.45, 2.75) is 37.9 Å². The summed E-state index contributed by atoms with van der Waals surface area (Å²) in [5.74, 6) is -2.30. The number of phenols is 1. The number of hydrogen-bond acceptors (Lipinski definition) is 7. The van der Waals surface area contributed by atoms with E-state index in [9.17, 15) is 29.1 Å². The molecule has 2 aromatic rings. The van der Waals surface area contributed by atoms with Gasteiger partial charge in [0.25, 0.3) is 0 Å². The molecule has 0 bridgehead atoms. The van der Waals surface area contributed by atoms with Gasteiger partial charge < -0.3 is 32.1 Å². The Labute approximate surface area is 220 Å². The second-order valence-electron chi connectivity index (χ2n) is 8.35. The molecule has 0 spiro atoms. The topological polar surface area (TPSA) is 180 Å². The van der Waals surface area contributed by atoms with Gasteiger partial charge >= 0.3 is 0 Å². The van der Waals surface area contributed by atoms with Crippen LogP contribution in [0.1, 0.15) is 18.1 Å². The third-order valence-electron chi connectivity index (χ3n) is 5.26. The van der Waals surface area contributed by atoms with E-state index in [0.29, 0.717) is 0 Å². The number of hydrogen-bond donors (Lipinski definition) is 7. The number of carbonyl (C=O) groups is 5. The van der Waals surface area contributed by atoms with Gasteiger partial charge in [0.05, 0.1) is 25.2 Å². The Hall–Kier alpha value is -3.90. The molecule has 0 heterocycles. The molecule has 37 heavy (non-hydrogen) atoms. The van der Waals surface area contributed by atoms with Crippen molar-refractivity contribution in [3.05, 3.63) is 65.7 Å². The van der Waals surface area contributed by atoms with Crippen molar-refractivity contribution in [2.24, 2.45) is 5.73 Å². The lowest BCUT2D eigenvalue weighted by molar-refractivity contribution is -0.131. The van der Waals surface area contributed by atoms with Gasteiger partial charge in [-0.3, -0.25) is 24.0 Å². The largest absolute Gasteiger partial charge is 0.508 e. The number of benzene rings is 2. The number of nitrogens with two attached hydrogens (primary N) is 1. The first kappa shape index (κ1) is 29.3. The molecule has 0 fully saturated rings. The molecule has 0 radical (unpaired) electrons. The van der Waals surface area contributed by atoms with Crippen molar-refractivity contribution in [3.8, 4) is 5.75 Å². The van der Waals surface area contributed by atoms with Crippen molar-refractivity contribution in [1.29, 1.82) is 0 Å². The molecule has 198 valence electrons. The number of carbonyl (C=O) groups excluding carboxylic acids is 5. The van der Waals surface area contributed by atoms with Crippen LogP contribution in [-0.2, 0) is 36.8 Å². The minimum atomic E-state index is -1.00. The van der Waals surface area contributed by atoms with Crippen LogP contribution in [0.3, 0.4) is 0 Å². The Balaban J connectivity index is 1.83. The van der Waals surface area contributed by atoms with Crippen LogP contribution in [0.25, 0.3) is 0 Å². The summed E-state index contributed by atoms with van der Waals surface area (Å²) in [6.45, 7) is 0.637. The highest BCUT2D eigenvalue weighted by molar-refractivity contribution is 7.96. The number of phenolic OH excluding ortho intramolecular Hbond substituents is 1. The van der Waals surface area contributed by atoms with Gasteiger partial charge in [0.15, 0.2) is 0 Å². The molecular weight excluding hydrogens is 498 g/mol. The monoisotopic (exact) mass is 529 g/mol. The highest BCUT2D eigenvalue weighted by Crippen LogP contribution is 2.11. The zero-order valence-electron chi connectivity index (χ0n) is 20.3. The number of rotatable bonds is 13. The van der Waals surface area contributed by atoms with Crippen LogP contribution in [0.5, 0.6) is 5.75 Å². The van der Waals surface area contributed by atoms with Crippen LogP contribution in [0.15, 0.2) is 54.6 Å². The van der Waals surface area contributed by atoms with E-state index >= 15 is 0 Å². The number of nitrogens with one attached hydrogen (secondary N) is 4. The maximum atomic E-state index is 12.7. The number of amides is 4. The zero-order chi connectivity index (χ0) is 27.4. The van der Waals surface area contributed by atoms with Gasteiger partial charge in [-0.05, 0) is 36.6 Å². The van der Waals surface area contributed by atoms with E-state index in [1.54, 1.807) is 36.4 Å². The third kappa shape index (κ3) is 10.7. The first-order chi connectivity index (χ1) is 17.5. The van der Waals surface area contributed by atoms with Gasteiger partial charge in [0.1, 0.15) is 11.8 Å². The van der Waals surface area contributed by atoms with Gasteiger partial charge in [0.2, 0.25) is 28.7 Å². The molecule has 11 nitrogen and oxygen atoms in total. The fourth-order valence-corrected chi connectivity index (χ4v) is 3.26. The van der Waals surface area contributed by atoms with Crippen LogP contribution in [0.2, 0.25) is 0 Å². The first-order valence-electron chi connectivity index (χ1n) is 11.5. The molecule has 12 heteroatoms. The molecule has 7 N–H and O–H groups in total. The van der Waals surface area contributed by atoms with E-state index in [2.05, 4.69) is 33.9 Å². The molecule has 0 unspecified atom stereocenters. The normalized spacial score (nSPS) is 12.9. The fraction of sp³-hybridized carbons (Fsp3) is 0.320. The molecule has 2 rings (SSSR count). The second-order valence-corrected chi connectivity index (χ2v) is 8.79. The fourth-order valence-electron chi connectivity index (χ4n) is 3.20. The van der Waals surface area contributed by atoms with E-state index in [4.69, 9.17) is 5.73 Å². The molecule has 0 saturated carbocycles. The summed E-state index contributed by atoms with van der Waals surface area (Å²) < 4.78 is 0. The van der Waals surface area contributed by atoms with Crippen molar-refractivity contribution in [3.63, 3.8) is 0 Å². The lowest BCUT2D eigenvalue weighted by atomic mass is 10.0. The van der Waals surface area contributed by atoms with Crippen molar-refractivity contribution < 1.29 is 29.1 Å². The van der Waals surface area contributed by atoms with Gasteiger partial charge in [-0.2, -0.15) is 0 Å². The SMILES string of the molecule is C[C@H](NC(=O)[C@H](Cc1ccccc1)NC(=O)CNC(=O)CNC(=O)[C@@H](N)Cc1ccc(O)cc1)C(=O)S. The molecule has 0 saturated heterocycles. The smallest absolute Gasteiger partial charge is 0.243 e. The van der Waals surface area contributed by atoms with Crippen LogP contribution < -0.4 is 27.0 Å². The third-order valence-corrected chi connectivity index (χ3v) is 5.65. The summed E-state index contributed by atoms with van der Waals surface area (Å²) >= 11 is 3.70. The lowest BCUT2D eigenvalue weighted by Crippen LogP contribution is -2.53. The van der Waals surface area contributed by atoms with E-state index in [1.807, 2.05) is 6.07 Å². The summed E-state index contributed by atoms with van der Waals surface area (Å²) in [6.07, 6.45) is 0.368. The Morgan fingerprint density at radius 3 is 2.03 bits per heavy atom. The van der Waals surface area contributed by atoms with Gasteiger partial charge in [-0.1, -0.05) is 42.5 Å². The minimum Gasteiger partial charge on any atom is -0.508 e. The Morgan fingerprint density at radius 1 is 0.811 bits per heavy atom. The van der Waals surface area contributed by atoms with Crippen molar-refractivity contribution >= 4 is 41.4 Å². The Bertz CT molecular complexity index is 1100. The molecule has 0 aliphatic rings.